The highest BCUT2D eigenvalue weighted by molar-refractivity contribution is 7.98. The quantitative estimate of drug-likeness (QED) is 0.140. The van der Waals surface area contributed by atoms with E-state index in [9.17, 15) is 18.0 Å². The molecule has 7 nitrogen and oxygen atoms in total. The van der Waals surface area contributed by atoms with Crippen molar-refractivity contribution in [1.29, 1.82) is 0 Å². The van der Waals surface area contributed by atoms with Gasteiger partial charge in [0.25, 0.3) is 10.0 Å². The van der Waals surface area contributed by atoms with Crippen LogP contribution < -0.4 is 9.62 Å². The Kier molecular flexibility index (Phi) is 12.7. The van der Waals surface area contributed by atoms with Gasteiger partial charge in [0.05, 0.1) is 20.6 Å². The first-order chi connectivity index (χ1) is 23.5. The Labute approximate surface area is 304 Å². The lowest BCUT2D eigenvalue weighted by molar-refractivity contribution is -0.140. The number of anilines is 1. The van der Waals surface area contributed by atoms with Gasteiger partial charge in [0.1, 0.15) is 12.6 Å². The molecule has 4 aromatic rings. The van der Waals surface area contributed by atoms with Crippen LogP contribution in [0.3, 0.4) is 0 Å². The van der Waals surface area contributed by atoms with Crippen LogP contribution in [0.25, 0.3) is 0 Å². The Bertz CT molecular complexity index is 1830. The molecule has 1 saturated carbocycles. The zero-order valence-electron chi connectivity index (χ0n) is 27.6. The van der Waals surface area contributed by atoms with Crippen molar-refractivity contribution in [2.75, 3.05) is 17.1 Å². The molecule has 1 aliphatic carbocycles. The molecule has 1 fully saturated rings. The van der Waals surface area contributed by atoms with Crippen LogP contribution >= 0.6 is 35.0 Å². The van der Waals surface area contributed by atoms with E-state index in [-0.39, 0.29) is 29.8 Å². The van der Waals surface area contributed by atoms with E-state index in [2.05, 4.69) is 5.32 Å². The molecular weight excluding hydrogens is 697 g/mol. The number of carbonyl (C=O) groups is 2. The monoisotopic (exact) mass is 737 g/mol. The maximum Gasteiger partial charge on any atom is 0.264 e. The highest BCUT2D eigenvalue weighted by Crippen LogP contribution is 2.28. The number of rotatable bonds is 13. The summed E-state index contributed by atoms with van der Waals surface area (Å²) in [4.78, 5) is 31.5. The third kappa shape index (κ3) is 9.60. The zero-order chi connectivity index (χ0) is 35.0. The first-order valence-corrected chi connectivity index (χ1v) is 19.8. The first-order valence-electron chi connectivity index (χ1n) is 16.4. The molecule has 0 saturated heterocycles. The second-order valence-corrected chi connectivity index (χ2v) is 15.9. The minimum Gasteiger partial charge on any atom is -0.352 e. The standard InChI is InChI=1S/C38H41Cl2N3O4S2/c1-27-13-16-31(17-14-27)43(49(46,47)33-20-18-32(48-2)19-21-33)26-37(44)42(25-29-15-22-34(39)35(40)23-29)36(24-28-9-5-3-6-10-28)38(45)41-30-11-7-4-8-12-30/h3,5-6,9-10,13-23,30,36H,4,7-8,11-12,24-26H2,1-2H3,(H,41,45)/t36-/m0/s1. The third-order valence-electron chi connectivity index (χ3n) is 8.81. The van der Waals surface area contributed by atoms with Crippen molar-refractivity contribution in [3.8, 4) is 0 Å². The van der Waals surface area contributed by atoms with Crippen LogP contribution in [0.5, 0.6) is 0 Å². The number of benzene rings is 4. The molecule has 0 bridgehead atoms. The van der Waals surface area contributed by atoms with E-state index >= 15 is 0 Å². The number of amides is 2. The van der Waals surface area contributed by atoms with Gasteiger partial charge in [-0.25, -0.2) is 8.42 Å². The minimum absolute atomic E-state index is 0.00939. The molecule has 4 aromatic carbocycles. The summed E-state index contributed by atoms with van der Waals surface area (Å²) in [7, 11) is -4.20. The minimum atomic E-state index is -4.20. The van der Waals surface area contributed by atoms with Gasteiger partial charge in [0.2, 0.25) is 11.8 Å². The fraction of sp³-hybridized carbons (Fsp3) is 0.316. The van der Waals surface area contributed by atoms with Gasteiger partial charge in [0, 0.05) is 23.9 Å². The van der Waals surface area contributed by atoms with Crippen molar-refractivity contribution < 1.29 is 18.0 Å². The number of hydrogen-bond acceptors (Lipinski definition) is 5. The van der Waals surface area contributed by atoms with Gasteiger partial charge in [-0.05, 0) is 85.7 Å². The molecule has 2 amide bonds. The topological polar surface area (TPSA) is 86.8 Å². The molecule has 1 aliphatic rings. The van der Waals surface area contributed by atoms with Crippen molar-refractivity contribution in [2.24, 2.45) is 0 Å². The lowest BCUT2D eigenvalue weighted by Crippen LogP contribution is -2.55. The molecule has 0 unspecified atom stereocenters. The number of halogens is 2. The largest absolute Gasteiger partial charge is 0.352 e. The summed E-state index contributed by atoms with van der Waals surface area (Å²) in [5.41, 5.74) is 2.81. The smallest absolute Gasteiger partial charge is 0.264 e. The summed E-state index contributed by atoms with van der Waals surface area (Å²) in [5.74, 6) is -0.808. The number of aryl methyl sites for hydroxylation is 1. The van der Waals surface area contributed by atoms with E-state index in [1.54, 1.807) is 54.6 Å². The third-order valence-corrected chi connectivity index (χ3v) is 12.1. The molecule has 0 aromatic heterocycles. The van der Waals surface area contributed by atoms with Crippen molar-refractivity contribution in [3.05, 3.63) is 124 Å². The molecule has 258 valence electrons. The van der Waals surface area contributed by atoms with Gasteiger partial charge >= 0.3 is 0 Å². The SMILES string of the molecule is CSc1ccc(S(=O)(=O)N(CC(=O)N(Cc2ccc(Cl)c(Cl)c2)[C@@H](Cc2ccccc2)C(=O)NC2CCCCC2)c2ccc(C)cc2)cc1. The number of thioether (sulfide) groups is 1. The van der Waals surface area contributed by atoms with Crippen molar-refractivity contribution in [1.82, 2.24) is 10.2 Å². The van der Waals surface area contributed by atoms with E-state index in [1.807, 2.05) is 55.6 Å². The van der Waals surface area contributed by atoms with Crippen LogP contribution in [0.15, 0.2) is 107 Å². The summed E-state index contributed by atoms with van der Waals surface area (Å²) in [6.07, 6.45) is 7.09. The number of nitrogens with zero attached hydrogens (tertiary/aromatic N) is 2. The number of sulfonamides is 1. The van der Waals surface area contributed by atoms with Crippen LogP contribution in [-0.4, -0.2) is 50.0 Å². The van der Waals surface area contributed by atoms with Gasteiger partial charge in [-0.15, -0.1) is 11.8 Å². The molecule has 0 aliphatic heterocycles. The summed E-state index contributed by atoms with van der Waals surface area (Å²) < 4.78 is 29.7. The highest BCUT2D eigenvalue weighted by Gasteiger charge is 2.35. The Hall–Kier alpha value is -3.50. The Morgan fingerprint density at radius 2 is 1.53 bits per heavy atom. The van der Waals surface area contributed by atoms with E-state index in [1.165, 1.54) is 16.7 Å². The fourth-order valence-electron chi connectivity index (χ4n) is 6.05. The van der Waals surface area contributed by atoms with Crippen molar-refractivity contribution >= 4 is 62.5 Å². The summed E-state index contributed by atoms with van der Waals surface area (Å²) in [6.45, 7) is 1.39. The van der Waals surface area contributed by atoms with Gasteiger partial charge < -0.3 is 10.2 Å². The molecule has 0 spiro atoms. The van der Waals surface area contributed by atoms with Gasteiger partial charge in [-0.3, -0.25) is 13.9 Å². The summed E-state index contributed by atoms with van der Waals surface area (Å²) in [5, 5.41) is 3.90. The second kappa shape index (κ2) is 16.9. The highest BCUT2D eigenvalue weighted by atomic mass is 35.5. The van der Waals surface area contributed by atoms with Crippen LogP contribution in [0.1, 0.15) is 48.8 Å². The predicted octanol–water partition coefficient (Wildman–Crippen LogP) is 8.31. The zero-order valence-corrected chi connectivity index (χ0v) is 30.8. The second-order valence-electron chi connectivity index (χ2n) is 12.3. The van der Waals surface area contributed by atoms with Gasteiger partial charge in [0.15, 0.2) is 0 Å². The maximum atomic E-state index is 14.7. The van der Waals surface area contributed by atoms with Crippen LogP contribution in [0, 0.1) is 6.92 Å². The molecule has 1 atom stereocenters. The molecule has 49 heavy (non-hydrogen) atoms. The molecule has 5 rings (SSSR count). The Morgan fingerprint density at radius 3 is 2.16 bits per heavy atom. The van der Waals surface area contributed by atoms with Crippen LogP contribution in [-0.2, 0) is 32.6 Å². The molecule has 11 heteroatoms. The summed E-state index contributed by atoms with van der Waals surface area (Å²) >= 11 is 14.1. The number of nitrogens with one attached hydrogen (secondary N) is 1. The first kappa shape index (κ1) is 36.8. The summed E-state index contributed by atoms with van der Waals surface area (Å²) in [6, 6.07) is 27.3. The van der Waals surface area contributed by atoms with Crippen LogP contribution in [0.2, 0.25) is 10.0 Å². The molecular formula is C38H41Cl2N3O4S2. The van der Waals surface area contributed by atoms with E-state index < -0.39 is 28.5 Å². The van der Waals surface area contributed by atoms with E-state index in [0.29, 0.717) is 21.3 Å². The van der Waals surface area contributed by atoms with Gasteiger partial charge in [-0.1, -0.05) is 96.6 Å². The fourth-order valence-corrected chi connectivity index (χ4v) is 8.19. The van der Waals surface area contributed by atoms with Crippen molar-refractivity contribution in [3.63, 3.8) is 0 Å². The lowest BCUT2D eigenvalue weighted by Gasteiger charge is -2.35. The Morgan fingerprint density at radius 1 is 0.857 bits per heavy atom. The van der Waals surface area contributed by atoms with Gasteiger partial charge in [-0.2, -0.15) is 0 Å². The number of carbonyl (C=O) groups excluding carboxylic acids is 2. The average Bonchev–Trinajstić information content (AvgIpc) is 3.11. The average molecular weight is 739 g/mol. The number of hydrogen-bond donors (Lipinski definition) is 1. The van der Waals surface area contributed by atoms with E-state index in [0.717, 1.165) is 52.4 Å². The lowest BCUT2D eigenvalue weighted by atomic mass is 9.94. The predicted molar refractivity (Wildman–Crippen MR) is 200 cm³/mol. The normalized spacial score (nSPS) is 14.2. The van der Waals surface area contributed by atoms with Crippen LogP contribution in [0.4, 0.5) is 5.69 Å². The maximum absolute atomic E-state index is 14.7. The molecule has 0 radical (unpaired) electrons. The van der Waals surface area contributed by atoms with E-state index in [4.69, 9.17) is 23.2 Å². The molecule has 1 N–H and O–H groups in total. The molecule has 0 heterocycles. The van der Waals surface area contributed by atoms with Crippen molar-refractivity contribution in [2.45, 2.75) is 73.9 Å². The Balaban J connectivity index is 1.57.